The fourth-order valence-corrected chi connectivity index (χ4v) is 0.879. The molecular weight excluding hydrogens is 190 g/mol. The topological polar surface area (TPSA) is 58.9 Å². The second kappa shape index (κ2) is 3.10. The van der Waals surface area contributed by atoms with Gasteiger partial charge in [0, 0.05) is 0 Å². The number of hydrogen-bond donors (Lipinski definition) is 2. The van der Waals surface area contributed by atoms with Gasteiger partial charge in [-0.15, -0.1) is 0 Å². The smallest absolute Gasteiger partial charge is 0.268 e. The lowest BCUT2D eigenvalue weighted by Gasteiger charge is -2.02. The highest BCUT2D eigenvalue weighted by Gasteiger charge is 2.13. The van der Waals surface area contributed by atoms with Crippen LogP contribution in [0.2, 0.25) is 5.02 Å². The van der Waals surface area contributed by atoms with Gasteiger partial charge in [-0.25, -0.2) is 8.78 Å². The van der Waals surface area contributed by atoms with Gasteiger partial charge in [0.15, 0.2) is 0 Å². The number of anilines is 1. The van der Waals surface area contributed by atoms with Crippen molar-refractivity contribution in [2.24, 2.45) is 0 Å². The third kappa shape index (κ3) is 1.55. The third-order valence-corrected chi connectivity index (χ3v) is 1.57. The molecule has 0 aliphatic carbocycles. The Balaban J connectivity index is 3.33. The molecule has 12 heavy (non-hydrogen) atoms. The maximum Gasteiger partial charge on any atom is 0.268 e. The molecule has 0 aromatic carbocycles. The lowest BCUT2D eigenvalue weighted by atomic mass is 10.3. The Morgan fingerprint density at radius 1 is 1.58 bits per heavy atom. The molecule has 0 aliphatic heterocycles. The highest BCUT2D eigenvalue weighted by molar-refractivity contribution is 6.30. The quantitative estimate of drug-likeness (QED) is 0.713. The van der Waals surface area contributed by atoms with E-state index in [4.69, 9.17) is 17.3 Å². The molecule has 66 valence electrons. The van der Waals surface area contributed by atoms with Crippen LogP contribution in [0.5, 0.6) is 0 Å². The first kappa shape index (κ1) is 8.99. The van der Waals surface area contributed by atoms with Gasteiger partial charge in [-0.1, -0.05) is 11.6 Å². The van der Waals surface area contributed by atoms with Gasteiger partial charge < -0.3 is 10.7 Å². The number of hydrogen-bond acceptors (Lipinski definition) is 2. The van der Waals surface area contributed by atoms with Crippen LogP contribution in [-0.2, 0) is 0 Å². The molecule has 0 saturated heterocycles. The van der Waals surface area contributed by atoms with Gasteiger partial charge >= 0.3 is 0 Å². The van der Waals surface area contributed by atoms with Crippen molar-refractivity contribution in [1.29, 1.82) is 0 Å². The van der Waals surface area contributed by atoms with E-state index in [1.54, 1.807) is 0 Å². The molecule has 0 fully saturated rings. The highest BCUT2D eigenvalue weighted by Crippen LogP contribution is 2.23. The van der Waals surface area contributed by atoms with Crippen molar-refractivity contribution in [3.8, 4) is 0 Å². The third-order valence-electron chi connectivity index (χ3n) is 1.29. The molecular formula is C6H5ClF2N2O. The number of halogens is 3. The Labute approximate surface area is 71.2 Å². The van der Waals surface area contributed by atoms with Gasteiger partial charge in [0.1, 0.15) is 10.8 Å². The van der Waals surface area contributed by atoms with Crippen LogP contribution in [0.4, 0.5) is 14.6 Å². The summed E-state index contributed by atoms with van der Waals surface area (Å²) in [4.78, 5) is 12.7. The minimum Gasteiger partial charge on any atom is -0.385 e. The first-order chi connectivity index (χ1) is 5.52. The van der Waals surface area contributed by atoms with Crippen LogP contribution >= 0.6 is 11.6 Å². The van der Waals surface area contributed by atoms with Crippen molar-refractivity contribution >= 4 is 17.4 Å². The van der Waals surface area contributed by atoms with E-state index in [0.717, 1.165) is 6.07 Å². The van der Waals surface area contributed by atoms with E-state index in [1.807, 2.05) is 4.98 Å². The van der Waals surface area contributed by atoms with E-state index < -0.39 is 17.5 Å². The van der Waals surface area contributed by atoms with Gasteiger partial charge in [-0.2, -0.15) is 0 Å². The first-order valence-electron chi connectivity index (χ1n) is 2.98. The zero-order valence-corrected chi connectivity index (χ0v) is 6.53. The number of aromatic nitrogens is 1. The Morgan fingerprint density at radius 3 is 2.67 bits per heavy atom. The predicted octanol–water partition coefficient (Wildman–Crippen LogP) is 1.55. The first-order valence-corrected chi connectivity index (χ1v) is 3.36. The number of nitrogens with one attached hydrogen (secondary N) is 1. The van der Waals surface area contributed by atoms with Crippen LogP contribution < -0.4 is 11.3 Å². The Morgan fingerprint density at radius 2 is 2.17 bits per heavy atom. The minimum atomic E-state index is -2.74. The summed E-state index contributed by atoms with van der Waals surface area (Å²) >= 11 is 5.30. The maximum absolute atomic E-state index is 12.1. The minimum absolute atomic E-state index is 0.292. The summed E-state index contributed by atoms with van der Waals surface area (Å²) in [7, 11) is 0. The average Bonchev–Trinajstić information content (AvgIpc) is 1.96. The van der Waals surface area contributed by atoms with Crippen molar-refractivity contribution in [2.45, 2.75) is 6.43 Å². The number of nitrogen functional groups attached to an aromatic ring is 1. The normalized spacial score (nSPS) is 10.7. The molecule has 0 aliphatic rings. The SMILES string of the molecule is Nc1[nH]c(=O)c(Cl)cc1C(F)F. The zero-order chi connectivity index (χ0) is 9.30. The summed E-state index contributed by atoms with van der Waals surface area (Å²) in [5.41, 5.74) is 3.97. The fourth-order valence-electron chi connectivity index (χ4n) is 0.715. The number of alkyl halides is 2. The molecule has 1 heterocycles. The molecule has 0 bridgehead atoms. The number of H-pyrrole nitrogens is 1. The summed E-state index contributed by atoms with van der Waals surface area (Å²) in [6.45, 7) is 0. The monoisotopic (exact) mass is 194 g/mol. The highest BCUT2D eigenvalue weighted by atomic mass is 35.5. The van der Waals surface area contributed by atoms with E-state index in [0.29, 0.717) is 0 Å². The van der Waals surface area contributed by atoms with Crippen LogP contribution in [0.25, 0.3) is 0 Å². The van der Waals surface area contributed by atoms with Crippen molar-refractivity contribution in [3.63, 3.8) is 0 Å². The summed E-state index contributed by atoms with van der Waals surface area (Å²) in [6, 6.07) is 0.861. The molecule has 0 unspecified atom stereocenters. The van der Waals surface area contributed by atoms with Gasteiger partial charge in [0.05, 0.1) is 5.56 Å². The lowest BCUT2D eigenvalue weighted by molar-refractivity contribution is 0.152. The molecule has 1 aromatic rings. The number of pyridine rings is 1. The van der Waals surface area contributed by atoms with Crippen LogP contribution in [-0.4, -0.2) is 4.98 Å². The van der Waals surface area contributed by atoms with Crippen molar-refractivity contribution < 1.29 is 8.78 Å². The van der Waals surface area contributed by atoms with E-state index in [-0.39, 0.29) is 10.8 Å². The molecule has 1 rings (SSSR count). The summed E-state index contributed by atoms with van der Waals surface area (Å²) < 4.78 is 24.2. The standard InChI is InChI=1S/C6H5ClF2N2O/c7-3-1-2(4(8)9)5(10)11-6(3)12/h1,4H,(H3,10,11,12). The molecule has 0 radical (unpaired) electrons. The van der Waals surface area contributed by atoms with E-state index in [2.05, 4.69) is 0 Å². The molecule has 0 spiro atoms. The molecule has 3 N–H and O–H groups in total. The molecule has 0 saturated carbocycles. The van der Waals surface area contributed by atoms with E-state index in [1.165, 1.54) is 0 Å². The zero-order valence-electron chi connectivity index (χ0n) is 5.77. The molecule has 0 amide bonds. The average molecular weight is 195 g/mol. The fraction of sp³-hybridized carbons (Fsp3) is 0.167. The van der Waals surface area contributed by atoms with Crippen LogP contribution in [0.1, 0.15) is 12.0 Å². The summed E-state index contributed by atoms with van der Waals surface area (Å²) in [6.07, 6.45) is -2.74. The van der Waals surface area contributed by atoms with Gasteiger partial charge in [-0.05, 0) is 6.07 Å². The molecule has 0 atom stereocenters. The summed E-state index contributed by atoms with van der Waals surface area (Å²) in [5.74, 6) is -0.348. The Bertz CT molecular complexity index is 350. The number of aromatic amines is 1. The second-order valence-electron chi connectivity index (χ2n) is 2.12. The maximum atomic E-state index is 12.1. The Kier molecular flexibility index (Phi) is 2.32. The molecule has 1 aromatic heterocycles. The predicted molar refractivity (Wildman–Crippen MR) is 41.4 cm³/mol. The van der Waals surface area contributed by atoms with Crippen molar-refractivity contribution in [2.75, 3.05) is 5.73 Å². The van der Waals surface area contributed by atoms with E-state index >= 15 is 0 Å². The summed E-state index contributed by atoms with van der Waals surface area (Å²) in [5, 5.41) is -0.292. The van der Waals surface area contributed by atoms with Crippen LogP contribution in [0.3, 0.4) is 0 Å². The van der Waals surface area contributed by atoms with E-state index in [9.17, 15) is 13.6 Å². The lowest BCUT2D eigenvalue weighted by Crippen LogP contribution is -2.11. The van der Waals surface area contributed by atoms with Crippen molar-refractivity contribution in [3.05, 3.63) is 27.0 Å². The molecule has 6 heteroatoms. The Hall–Kier alpha value is -1.10. The van der Waals surface area contributed by atoms with Crippen LogP contribution in [0, 0.1) is 0 Å². The van der Waals surface area contributed by atoms with Gasteiger partial charge in [0.25, 0.3) is 12.0 Å². The van der Waals surface area contributed by atoms with Gasteiger partial charge in [-0.3, -0.25) is 4.79 Å². The van der Waals surface area contributed by atoms with Gasteiger partial charge in [0.2, 0.25) is 0 Å². The molecule has 3 nitrogen and oxygen atoms in total. The van der Waals surface area contributed by atoms with Crippen molar-refractivity contribution in [1.82, 2.24) is 4.98 Å². The second-order valence-corrected chi connectivity index (χ2v) is 2.52. The van der Waals surface area contributed by atoms with Crippen LogP contribution in [0.15, 0.2) is 10.9 Å². The number of rotatable bonds is 1. The number of nitrogens with two attached hydrogens (primary N) is 1. The largest absolute Gasteiger partial charge is 0.385 e.